The number of halogens is 2. The Bertz CT molecular complexity index is 488. The Morgan fingerprint density at radius 1 is 1.47 bits per heavy atom. The standard InChI is InChI=1S/C8H5BrClN3S2/c1-4-12-13-8(14-4)15-7-6(9)2-5(10)3-11-7/h2-3H,1H3. The van der Waals surface area contributed by atoms with Crippen LogP contribution in [0.1, 0.15) is 5.01 Å². The predicted octanol–water partition coefficient (Wildman–Crippen LogP) is 3.81. The molecule has 0 saturated carbocycles. The number of pyridine rings is 1. The second kappa shape index (κ2) is 4.78. The van der Waals surface area contributed by atoms with Crippen LogP contribution in [0.4, 0.5) is 0 Å². The molecule has 0 aliphatic rings. The first-order chi connectivity index (χ1) is 7.15. The predicted molar refractivity (Wildman–Crippen MR) is 65.7 cm³/mol. The van der Waals surface area contributed by atoms with Crippen molar-refractivity contribution in [2.24, 2.45) is 0 Å². The molecule has 0 aliphatic heterocycles. The van der Waals surface area contributed by atoms with Crippen LogP contribution in [-0.2, 0) is 0 Å². The van der Waals surface area contributed by atoms with Gasteiger partial charge in [-0.15, -0.1) is 10.2 Å². The van der Waals surface area contributed by atoms with Gasteiger partial charge in [0.05, 0.1) is 9.50 Å². The van der Waals surface area contributed by atoms with Crippen molar-refractivity contribution in [3.63, 3.8) is 0 Å². The van der Waals surface area contributed by atoms with Gasteiger partial charge >= 0.3 is 0 Å². The van der Waals surface area contributed by atoms with Crippen LogP contribution in [0.3, 0.4) is 0 Å². The monoisotopic (exact) mass is 321 g/mol. The second-order valence-electron chi connectivity index (χ2n) is 2.63. The Hall–Kier alpha value is -0.170. The first-order valence-corrected chi connectivity index (χ1v) is 6.74. The fourth-order valence-corrected chi connectivity index (χ4v) is 3.45. The van der Waals surface area contributed by atoms with Crippen LogP contribution >= 0.6 is 50.6 Å². The molecule has 2 rings (SSSR count). The zero-order valence-electron chi connectivity index (χ0n) is 7.57. The maximum absolute atomic E-state index is 5.80. The number of rotatable bonds is 2. The van der Waals surface area contributed by atoms with E-state index in [0.29, 0.717) is 5.02 Å². The molecule has 7 heteroatoms. The second-order valence-corrected chi connectivity index (χ2v) is 6.34. The maximum atomic E-state index is 5.80. The molecule has 0 aliphatic carbocycles. The number of nitrogens with zero attached hydrogens (tertiary/aromatic N) is 3. The van der Waals surface area contributed by atoms with E-state index in [1.165, 1.54) is 11.8 Å². The van der Waals surface area contributed by atoms with E-state index in [1.807, 2.05) is 13.0 Å². The first kappa shape index (κ1) is 11.3. The minimum absolute atomic E-state index is 0.611. The third kappa shape index (κ3) is 2.90. The quantitative estimate of drug-likeness (QED) is 0.843. The lowest BCUT2D eigenvalue weighted by Gasteiger charge is -1.99. The van der Waals surface area contributed by atoms with Crippen LogP contribution in [0.2, 0.25) is 5.02 Å². The summed E-state index contributed by atoms with van der Waals surface area (Å²) in [5.74, 6) is 0. The van der Waals surface area contributed by atoms with Gasteiger partial charge in [0.15, 0.2) is 4.34 Å². The lowest BCUT2D eigenvalue weighted by Crippen LogP contribution is -1.81. The molecule has 0 atom stereocenters. The van der Waals surface area contributed by atoms with Gasteiger partial charge in [-0.25, -0.2) is 4.98 Å². The lowest BCUT2D eigenvalue weighted by atomic mass is 10.5. The maximum Gasteiger partial charge on any atom is 0.180 e. The highest BCUT2D eigenvalue weighted by molar-refractivity contribution is 9.10. The fraction of sp³-hybridized carbons (Fsp3) is 0.125. The fourth-order valence-electron chi connectivity index (χ4n) is 0.879. The highest BCUT2D eigenvalue weighted by Crippen LogP contribution is 2.34. The van der Waals surface area contributed by atoms with Crippen molar-refractivity contribution in [3.8, 4) is 0 Å². The number of aryl methyl sites for hydroxylation is 1. The zero-order valence-corrected chi connectivity index (χ0v) is 11.5. The minimum atomic E-state index is 0.611. The van der Waals surface area contributed by atoms with Gasteiger partial charge in [-0.3, -0.25) is 0 Å². The third-order valence-corrected chi connectivity index (χ3v) is 4.45. The molecule has 0 saturated heterocycles. The van der Waals surface area contributed by atoms with Gasteiger partial charge in [0, 0.05) is 6.20 Å². The van der Waals surface area contributed by atoms with Crippen LogP contribution in [0.5, 0.6) is 0 Å². The molecular formula is C8H5BrClN3S2. The molecule has 2 aromatic heterocycles. The summed E-state index contributed by atoms with van der Waals surface area (Å²) < 4.78 is 1.75. The topological polar surface area (TPSA) is 38.7 Å². The summed E-state index contributed by atoms with van der Waals surface area (Å²) in [7, 11) is 0. The van der Waals surface area contributed by atoms with E-state index in [4.69, 9.17) is 11.6 Å². The van der Waals surface area contributed by atoms with Crippen molar-refractivity contribution in [1.82, 2.24) is 15.2 Å². The molecule has 0 unspecified atom stereocenters. The zero-order chi connectivity index (χ0) is 10.8. The average molecular weight is 323 g/mol. The molecule has 0 N–H and O–H groups in total. The summed E-state index contributed by atoms with van der Waals surface area (Å²) in [4.78, 5) is 4.21. The van der Waals surface area contributed by atoms with Gasteiger partial charge in [0.1, 0.15) is 10.0 Å². The highest BCUT2D eigenvalue weighted by Gasteiger charge is 2.08. The lowest BCUT2D eigenvalue weighted by molar-refractivity contribution is 0.979. The van der Waals surface area contributed by atoms with Crippen LogP contribution < -0.4 is 0 Å². The summed E-state index contributed by atoms with van der Waals surface area (Å²) in [6, 6.07) is 1.81. The van der Waals surface area contributed by atoms with Gasteiger partial charge in [-0.2, -0.15) is 0 Å². The van der Waals surface area contributed by atoms with E-state index in [0.717, 1.165) is 18.8 Å². The van der Waals surface area contributed by atoms with E-state index < -0.39 is 0 Å². The van der Waals surface area contributed by atoms with E-state index in [2.05, 4.69) is 31.1 Å². The molecule has 0 spiro atoms. The number of hydrogen-bond acceptors (Lipinski definition) is 5. The molecule has 0 amide bonds. The van der Waals surface area contributed by atoms with Crippen LogP contribution in [0, 0.1) is 6.92 Å². The Morgan fingerprint density at radius 3 is 2.87 bits per heavy atom. The highest BCUT2D eigenvalue weighted by atomic mass is 79.9. The molecule has 78 valence electrons. The average Bonchev–Trinajstić information content (AvgIpc) is 2.56. The van der Waals surface area contributed by atoms with E-state index in [1.54, 1.807) is 17.5 Å². The van der Waals surface area contributed by atoms with E-state index in [9.17, 15) is 0 Å². The summed E-state index contributed by atoms with van der Waals surface area (Å²) in [6.07, 6.45) is 1.61. The SMILES string of the molecule is Cc1nnc(Sc2ncc(Cl)cc2Br)s1. The molecule has 0 bridgehead atoms. The largest absolute Gasteiger partial charge is 0.247 e. The van der Waals surface area contributed by atoms with Crippen LogP contribution in [0.15, 0.2) is 26.1 Å². The molecule has 15 heavy (non-hydrogen) atoms. The Morgan fingerprint density at radius 2 is 2.27 bits per heavy atom. The first-order valence-electron chi connectivity index (χ1n) is 3.94. The van der Waals surface area contributed by atoms with Gasteiger partial charge in [-0.1, -0.05) is 22.9 Å². The van der Waals surface area contributed by atoms with E-state index in [-0.39, 0.29) is 0 Å². The number of hydrogen-bond donors (Lipinski definition) is 0. The van der Waals surface area contributed by atoms with Gasteiger partial charge in [-0.05, 0) is 40.7 Å². The number of aromatic nitrogens is 3. The van der Waals surface area contributed by atoms with Gasteiger partial charge < -0.3 is 0 Å². The van der Waals surface area contributed by atoms with Crippen molar-refractivity contribution in [2.45, 2.75) is 16.3 Å². The third-order valence-electron chi connectivity index (χ3n) is 1.47. The Kier molecular flexibility index (Phi) is 3.60. The van der Waals surface area contributed by atoms with Crippen molar-refractivity contribution < 1.29 is 0 Å². The van der Waals surface area contributed by atoms with Crippen LogP contribution in [-0.4, -0.2) is 15.2 Å². The summed E-state index contributed by atoms with van der Waals surface area (Å²) in [5.41, 5.74) is 0. The van der Waals surface area contributed by atoms with Crippen molar-refractivity contribution >= 4 is 50.6 Å². The summed E-state index contributed by atoms with van der Waals surface area (Å²) in [6.45, 7) is 1.92. The van der Waals surface area contributed by atoms with Crippen LogP contribution in [0.25, 0.3) is 0 Å². The summed E-state index contributed by atoms with van der Waals surface area (Å²) >= 11 is 12.2. The molecule has 0 aromatic carbocycles. The van der Waals surface area contributed by atoms with Gasteiger partial charge in [0.2, 0.25) is 0 Å². The molecule has 0 fully saturated rings. The molecule has 0 radical (unpaired) electrons. The molecule has 2 aromatic rings. The summed E-state index contributed by atoms with van der Waals surface area (Å²) in [5, 5.41) is 10.4. The molecular weight excluding hydrogens is 318 g/mol. The Balaban J connectivity index is 2.24. The van der Waals surface area contributed by atoms with Crippen molar-refractivity contribution in [3.05, 3.63) is 26.8 Å². The smallest absolute Gasteiger partial charge is 0.180 e. The molecule has 3 nitrogen and oxygen atoms in total. The van der Waals surface area contributed by atoms with Crippen molar-refractivity contribution in [1.29, 1.82) is 0 Å². The van der Waals surface area contributed by atoms with Gasteiger partial charge in [0.25, 0.3) is 0 Å². The normalized spacial score (nSPS) is 10.6. The van der Waals surface area contributed by atoms with E-state index >= 15 is 0 Å². The Labute approximate surface area is 108 Å². The molecule has 2 heterocycles. The van der Waals surface area contributed by atoms with Crippen molar-refractivity contribution in [2.75, 3.05) is 0 Å². The minimum Gasteiger partial charge on any atom is -0.247 e.